The number of sulfone groups is 1. The van der Waals surface area contributed by atoms with Crippen LogP contribution in [0.2, 0.25) is 0 Å². The van der Waals surface area contributed by atoms with E-state index < -0.39 is 15.8 Å². The maximum Gasteiger partial charge on any atom is 0.337 e. The number of hydrogen-bond acceptors (Lipinski definition) is 6. The number of ether oxygens (including phenoxy) is 1. The van der Waals surface area contributed by atoms with Crippen LogP contribution in [0.15, 0.2) is 70.0 Å². The van der Waals surface area contributed by atoms with Crippen molar-refractivity contribution in [2.24, 2.45) is 0 Å². The Hall–Kier alpha value is -3.85. The van der Waals surface area contributed by atoms with E-state index in [2.05, 4.69) is 4.98 Å². The number of nitrogens with zero attached hydrogens (tertiary/aromatic N) is 1. The van der Waals surface area contributed by atoms with Crippen LogP contribution in [0.3, 0.4) is 0 Å². The number of H-pyrrole nitrogens is 1. The van der Waals surface area contributed by atoms with Crippen LogP contribution in [-0.4, -0.2) is 43.8 Å². The van der Waals surface area contributed by atoms with Crippen molar-refractivity contribution in [1.82, 2.24) is 9.88 Å². The first kappa shape index (κ1) is 22.0. The fraction of sp³-hybridized carbons (Fsp3) is 0.200. The number of aromatic nitrogens is 1. The van der Waals surface area contributed by atoms with Gasteiger partial charge in [0.05, 0.1) is 17.6 Å². The Morgan fingerprint density at radius 3 is 2.65 bits per heavy atom. The molecule has 0 bridgehead atoms. The number of nitrogens with one attached hydrogen (secondary N) is 1. The van der Waals surface area contributed by atoms with Crippen LogP contribution in [0.1, 0.15) is 37.9 Å². The van der Waals surface area contributed by atoms with Crippen molar-refractivity contribution in [3.63, 3.8) is 0 Å². The Balaban J connectivity index is 1.36. The van der Waals surface area contributed by atoms with E-state index in [1.54, 1.807) is 35.2 Å². The second-order valence-electron chi connectivity index (χ2n) is 8.15. The zero-order valence-corrected chi connectivity index (χ0v) is 19.2. The average molecular weight is 479 g/mol. The molecular weight excluding hydrogens is 456 g/mol. The highest BCUT2D eigenvalue weighted by Crippen LogP contribution is 2.30. The van der Waals surface area contributed by atoms with Gasteiger partial charge in [-0.05, 0) is 42.5 Å². The lowest BCUT2D eigenvalue weighted by Gasteiger charge is -2.26. The molecule has 0 fully saturated rings. The summed E-state index contributed by atoms with van der Waals surface area (Å²) >= 11 is 0. The lowest BCUT2D eigenvalue weighted by Crippen LogP contribution is -2.35. The normalized spacial score (nSPS) is 13.6. The Morgan fingerprint density at radius 1 is 1.09 bits per heavy atom. The first-order valence-corrected chi connectivity index (χ1v) is 12.4. The van der Waals surface area contributed by atoms with Crippen LogP contribution < -0.4 is 0 Å². The average Bonchev–Trinajstić information content (AvgIpc) is 3.46. The van der Waals surface area contributed by atoms with Gasteiger partial charge in [-0.2, -0.15) is 0 Å². The molecule has 5 rings (SSSR count). The molecule has 9 heteroatoms. The van der Waals surface area contributed by atoms with Crippen molar-refractivity contribution in [2.45, 2.75) is 23.6 Å². The molecular formula is C25H22N2O6S. The van der Waals surface area contributed by atoms with Gasteiger partial charge in [0, 0.05) is 41.7 Å². The number of esters is 1. The van der Waals surface area contributed by atoms with Crippen LogP contribution in [0.5, 0.6) is 0 Å². The third-order valence-electron chi connectivity index (χ3n) is 5.99. The number of carbonyl (C=O) groups is 2. The number of methoxy groups -OCH3 is 1. The van der Waals surface area contributed by atoms with Crippen molar-refractivity contribution in [3.8, 4) is 0 Å². The van der Waals surface area contributed by atoms with Crippen LogP contribution in [-0.2, 0) is 33.3 Å². The molecule has 0 saturated carbocycles. The maximum absolute atomic E-state index is 13.1. The smallest absolute Gasteiger partial charge is 0.337 e. The van der Waals surface area contributed by atoms with Crippen LogP contribution >= 0.6 is 0 Å². The number of furan rings is 1. The molecule has 34 heavy (non-hydrogen) atoms. The molecule has 4 aromatic rings. The molecule has 2 aromatic heterocycles. The number of fused-ring (bicyclic) bond motifs is 3. The lowest BCUT2D eigenvalue weighted by molar-refractivity contribution is 0.0600. The van der Waals surface area contributed by atoms with Gasteiger partial charge in [-0.25, -0.2) is 13.2 Å². The molecule has 1 amide bonds. The summed E-state index contributed by atoms with van der Waals surface area (Å²) in [5.41, 5.74) is 3.29. The van der Waals surface area contributed by atoms with Gasteiger partial charge in [0.1, 0.15) is 11.5 Å². The quantitative estimate of drug-likeness (QED) is 0.438. The fourth-order valence-corrected chi connectivity index (χ4v) is 5.53. The van der Waals surface area contributed by atoms with Gasteiger partial charge in [-0.1, -0.05) is 18.2 Å². The summed E-state index contributed by atoms with van der Waals surface area (Å²) in [7, 11) is -2.25. The molecule has 0 saturated heterocycles. The highest BCUT2D eigenvalue weighted by Gasteiger charge is 2.27. The van der Waals surface area contributed by atoms with E-state index in [0.29, 0.717) is 25.1 Å². The number of rotatable bonds is 5. The van der Waals surface area contributed by atoms with Crippen molar-refractivity contribution >= 4 is 32.6 Å². The van der Waals surface area contributed by atoms with E-state index >= 15 is 0 Å². The summed E-state index contributed by atoms with van der Waals surface area (Å²) < 4.78 is 35.7. The van der Waals surface area contributed by atoms with Gasteiger partial charge in [0.25, 0.3) is 5.91 Å². The summed E-state index contributed by atoms with van der Waals surface area (Å²) in [6, 6.07) is 16.5. The summed E-state index contributed by atoms with van der Waals surface area (Å²) in [4.78, 5) is 30.3. The monoisotopic (exact) mass is 478 g/mol. The Kier molecular flexibility index (Phi) is 5.49. The number of carbonyl (C=O) groups excluding carboxylic acids is 2. The predicted octanol–water partition coefficient (Wildman–Crippen LogP) is 3.72. The second-order valence-corrected chi connectivity index (χ2v) is 10.1. The van der Waals surface area contributed by atoms with Crippen LogP contribution in [0.25, 0.3) is 10.9 Å². The second kappa shape index (κ2) is 8.49. The van der Waals surface area contributed by atoms with Gasteiger partial charge in [0.15, 0.2) is 15.6 Å². The number of hydrogen-bond donors (Lipinski definition) is 1. The highest BCUT2D eigenvalue weighted by molar-refractivity contribution is 7.90. The third-order valence-corrected chi connectivity index (χ3v) is 7.65. The minimum atomic E-state index is -3.58. The Labute approximate surface area is 196 Å². The largest absolute Gasteiger partial charge is 0.465 e. The van der Waals surface area contributed by atoms with Crippen LogP contribution in [0, 0.1) is 0 Å². The van der Waals surface area contributed by atoms with Crippen molar-refractivity contribution in [2.75, 3.05) is 13.7 Å². The van der Waals surface area contributed by atoms with Gasteiger partial charge in [0.2, 0.25) is 0 Å². The van der Waals surface area contributed by atoms with E-state index in [4.69, 9.17) is 9.15 Å². The van der Waals surface area contributed by atoms with E-state index in [1.807, 2.05) is 6.07 Å². The summed E-state index contributed by atoms with van der Waals surface area (Å²) in [6.45, 7) is 0.831. The Morgan fingerprint density at radius 2 is 1.88 bits per heavy atom. The van der Waals surface area contributed by atoms with E-state index in [1.165, 1.54) is 31.4 Å². The predicted molar refractivity (Wildman–Crippen MR) is 124 cm³/mol. The molecule has 1 aliphatic rings. The van der Waals surface area contributed by atoms with Gasteiger partial charge < -0.3 is 19.0 Å². The third kappa shape index (κ3) is 3.99. The van der Waals surface area contributed by atoms with E-state index in [0.717, 1.165) is 22.2 Å². The van der Waals surface area contributed by atoms with Crippen molar-refractivity contribution in [1.29, 1.82) is 0 Å². The SMILES string of the molecule is COC(=O)c1ccc2[nH]c3c(c2c1)CN(C(=O)c1ccc(CS(=O)(=O)c2ccccc2)o1)CC3. The van der Waals surface area contributed by atoms with Crippen molar-refractivity contribution < 1.29 is 27.2 Å². The number of amides is 1. The lowest BCUT2D eigenvalue weighted by atomic mass is 10.0. The molecule has 0 aliphatic carbocycles. The van der Waals surface area contributed by atoms with Crippen LogP contribution in [0.4, 0.5) is 0 Å². The first-order chi connectivity index (χ1) is 16.4. The molecule has 2 aromatic carbocycles. The molecule has 1 aliphatic heterocycles. The molecule has 0 unspecified atom stereocenters. The highest BCUT2D eigenvalue weighted by atomic mass is 32.2. The zero-order chi connectivity index (χ0) is 23.9. The molecule has 174 valence electrons. The summed E-state index contributed by atoms with van der Waals surface area (Å²) in [5.74, 6) is -0.758. The molecule has 8 nitrogen and oxygen atoms in total. The van der Waals surface area contributed by atoms with Gasteiger partial charge >= 0.3 is 5.97 Å². The minimum Gasteiger partial charge on any atom is -0.465 e. The molecule has 3 heterocycles. The summed E-state index contributed by atoms with van der Waals surface area (Å²) in [6.07, 6.45) is 0.624. The topological polar surface area (TPSA) is 110 Å². The van der Waals surface area contributed by atoms with Gasteiger partial charge in [-0.15, -0.1) is 0 Å². The first-order valence-electron chi connectivity index (χ1n) is 10.7. The molecule has 0 radical (unpaired) electrons. The number of benzene rings is 2. The van der Waals surface area contributed by atoms with Crippen molar-refractivity contribution in [3.05, 3.63) is 89.0 Å². The van der Waals surface area contributed by atoms with Gasteiger partial charge in [-0.3, -0.25) is 4.79 Å². The van der Waals surface area contributed by atoms with E-state index in [-0.39, 0.29) is 28.1 Å². The maximum atomic E-state index is 13.1. The fourth-order valence-electron chi connectivity index (χ4n) is 4.26. The standard InChI is InChI=1S/C25H22N2O6S/c1-32-25(29)16-7-9-21-19(13-16)20-14-27(12-11-22(20)26-21)24(28)23-10-8-17(33-23)15-34(30,31)18-5-3-2-4-6-18/h2-10,13,26H,11-12,14-15H2,1H3. The number of aromatic amines is 1. The Bertz CT molecular complexity index is 1500. The molecule has 0 atom stereocenters. The minimum absolute atomic E-state index is 0.0943. The zero-order valence-electron chi connectivity index (χ0n) is 18.4. The molecule has 0 spiro atoms. The summed E-state index contributed by atoms with van der Waals surface area (Å²) in [5, 5.41) is 0.865. The molecule has 1 N–H and O–H groups in total. The van der Waals surface area contributed by atoms with E-state index in [9.17, 15) is 18.0 Å².